The van der Waals surface area contributed by atoms with Gasteiger partial charge < -0.3 is 5.32 Å². The Hall–Kier alpha value is -1.85. The molecule has 1 atom stereocenters. The molecular weight excluding hydrogens is 337 g/mol. The molecule has 0 aliphatic carbocycles. The van der Waals surface area contributed by atoms with Crippen molar-refractivity contribution in [3.63, 3.8) is 0 Å². The van der Waals surface area contributed by atoms with Crippen LogP contribution in [0.4, 0.5) is 0 Å². The van der Waals surface area contributed by atoms with E-state index in [0.717, 1.165) is 16.7 Å². The molecule has 7 heteroatoms. The minimum atomic E-state index is -0.589. The Labute approximate surface area is 144 Å². The van der Waals surface area contributed by atoms with Crippen molar-refractivity contribution in [1.29, 1.82) is 0 Å². The number of aromatic nitrogens is 2. The van der Waals surface area contributed by atoms with Crippen LogP contribution in [-0.4, -0.2) is 15.7 Å². The van der Waals surface area contributed by atoms with Gasteiger partial charge >= 0.3 is 0 Å². The second-order valence-electron chi connectivity index (χ2n) is 5.15. The van der Waals surface area contributed by atoms with Gasteiger partial charge in [-0.15, -0.1) is 0 Å². The zero-order valence-corrected chi connectivity index (χ0v) is 14.4. The van der Waals surface area contributed by atoms with Gasteiger partial charge in [-0.05, 0) is 24.5 Å². The number of amides is 1. The molecule has 1 aromatic carbocycles. The quantitative estimate of drug-likeness (QED) is 0.898. The number of carbonyl (C=O) groups is 1. The molecule has 1 N–H and O–H groups in total. The molecule has 5 nitrogen and oxygen atoms in total. The van der Waals surface area contributed by atoms with E-state index in [1.165, 1.54) is 11.8 Å². The van der Waals surface area contributed by atoms with E-state index in [-0.39, 0.29) is 28.5 Å². The van der Waals surface area contributed by atoms with Crippen molar-refractivity contribution in [2.75, 3.05) is 0 Å². The number of nitrogens with zero attached hydrogens (tertiary/aromatic N) is 2. The smallest absolute Gasteiger partial charge is 0.287 e. The van der Waals surface area contributed by atoms with Gasteiger partial charge in [-0.1, -0.05) is 54.4 Å². The van der Waals surface area contributed by atoms with E-state index in [9.17, 15) is 9.59 Å². The first-order chi connectivity index (χ1) is 10.9. The summed E-state index contributed by atoms with van der Waals surface area (Å²) in [4.78, 5) is 23.9. The molecule has 0 aliphatic heterocycles. The number of aryl methyl sites for hydroxylation is 1. The minimum Gasteiger partial charge on any atom is -0.348 e. The summed E-state index contributed by atoms with van der Waals surface area (Å²) in [6.45, 7) is 3.75. The van der Waals surface area contributed by atoms with Crippen molar-refractivity contribution in [2.45, 2.75) is 32.9 Å². The molecule has 0 spiro atoms. The van der Waals surface area contributed by atoms with E-state index < -0.39 is 5.56 Å². The van der Waals surface area contributed by atoms with Gasteiger partial charge in [0.25, 0.3) is 5.56 Å². The third kappa shape index (κ3) is 4.33. The van der Waals surface area contributed by atoms with Crippen molar-refractivity contribution in [3.05, 3.63) is 62.0 Å². The van der Waals surface area contributed by atoms with Crippen molar-refractivity contribution in [3.8, 4) is 0 Å². The highest BCUT2D eigenvalue weighted by Crippen LogP contribution is 2.15. The van der Waals surface area contributed by atoms with Crippen molar-refractivity contribution >= 4 is 29.1 Å². The summed E-state index contributed by atoms with van der Waals surface area (Å²) < 4.78 is 0.983. The molecule has 0 bridgehead atoms. The molecule has 0 saturated carbocycles. The Morgan fingerprint density at radius 2 is 1.96 bits per heavy atom. The minimum absolute atomic E-state index is 0.0673. The summed E-state index contributed by atoms with van der Waals surface area (Å²) in [7, 11) is 0. The second-order valence-corrected chi connectivity index (χ2v) is 5.94. The van der Waals surface area contributed by atoms with E-state index in [0.29, 0.717) is 0 Å². The highest BCUT2D eigenvalue weighted by Gasteiger charge is 2.13. The van der Waals surface area contributed by atoms with Crippen molar-refractivity contribution in [2.24, 2.45) is 0 Å². The maximum atomic E-state index is 12.1. The van der Waals surface area contributed by atoms with E-state index in [1.54, 1.807) is 0 Å². The van der Waals surface area contributed by atoms with Crippen LogP contribution in [0, 0.1) is 0 Å². The average Bonchev–Trinajstić information content (AvgIpc) is 2.55. The van der Waals surface area contributed by atoms with Crippen LogP contribution < -0.4 is 10.9 Å². The zero-order chi connectivity index (χ0) is 17.0. The Bertz CT molecular complexity index is 757. The summed E-state index contributed by atoms with van der Waals surface area (Å²) in [5.74, 6) is -0.329. The lowest BCUT2D eigenvalue weighted by atomic mass is 10.1. The number of nitrogens with one attached hydrogen (secondary N) is 1. The Balaban J connectivity index is 2.04. The molecule has 2 aromatic rings. The predicted molar refractivity (Wildman–Crippen MR) is 90.9 cm³/mol. The maximum absolute atomic E-state index is 12.1. The van der Waals surface area contributed by atoms with Gasteiger partial charge in [-0.25, -0.2) is 4.68 Å². The third-order valence-corrected chi connectivity index (χ3v) is 4.25. The molecular formula is C16H17Cl2N3O2. The van der Waals surface area contributed by atoms with Crippen LogP contribution in [-0.2, 0) is 17.8 Å². The summed E-state index contributed by atoms with van der Waals surface area (Å²) in [5, 5.41) is 6.56. The van der Waals surface area contributed by atoms with Gasteiger partial charge in [0.2, 0.25) is 5.91 Å². The molecule has 0 saturated heterocycles. The van der Waals surface area contributed by atoms with Gasteiger partial charge in [0.1, 0.15) is 11.6 Å². The van der Waals surface area contributed by atoms with Crippen LogP contribution in [0.2, 0.25) is 10.0 Å². The molecule has 1 amide bonds. The highest BCUT2D eigenvalue weighted by molar-refractivity contribution is 6.41. The molecule has 0 radical (unpaired) electrons. The van der Waals surface area contributed by atoms with Crippen LogP contribution in [0.3, 0.4) is 0 Å². The van der Waals surface area contributed by atoms with Crippen LogP contribution in [0.5, 0.6) is 0 Å². The fourth-order valence-electron chi connectivity index (χ4n) is 2.11. The predicted octanol–water partition coefficient (Wildman–Crippen LogP) is 2.99. The SMILES string of the molecule is CCc1ccc(C(C)NC(=O)Cn2ncc(Cl)c(Cl)c2=O)cc1. The number of hydrogen-bond acceptors (Lipinski definition) is 3. The van der Waals surface area contributed by atoms with Crippen LogP contribution >= 0.6 is 23.2 Å². The van der Waals surface area contributed by atoms with E-state index in [2.05, 4.69) is 17.3 Å². The number of benzene rings is 1. The van der Waals surface area contributed by atoms with E-state index in [4.69, 9.17) is 23.2 Å². The number of halogens is 2. The third-order valence-electron chi connectivity index (χ3n) is 3.50. The first-order valence-electron chi connectivity index (χ1n) is 7.21. The molecule has 2 rings (SSSR count). The lowest BCUT2D eigenvalue weighted by Gasteiger charge is -2.15. The van der Waals surface area contributed by atoms with E-state index >= 15 is 0 Å². The van der Waals surface area contributed by atoms with Crippen LogP contribution in [0.1, 0.15) is 31.0 Å². The monoisotopic (exact) mass is 353 g/mol. The topological polar surface area (TPSA) is 64.0 Å². The highest BCUT2D eigenvalue weighted by atomic mass is 35.5. The van der Waals surface area contributed by atoms with Crippen molar-refractivity contribution < 1.29 is 4.79 Å². The molecule has 1 unspecified atom stereocenters. The fourth-order valence-corrected chi connectivity index (χ4v) is 2.38. The largest absolute Gasteiger partial charge is 0.348 e. The molecule has 122 valence electrons. The molecule has 1 heterocycles. The summed E-state index contributed by atoms with van der Waals surface area (Å²) in [6.07, 6.45) is 2.21. The van der Waals surface area contributed by atoms with E-state index in [1.807, 2.05) is 31.2 Å². The molecule has 23 heavy (non-hydrogen) atoms. The number of rotatable bonds is 5. The maximum Gasteiger partial charge on any atom is 0.287 e. The fraction of sp³-hybridized carbons (Fsp3) is 0.312. The van der Waals surface area contributed by atoms with Crippen LogP contribution in [0.15, 0.2) is 35.3 Å². The lowest BCUT2D eigenvalue weighted by Crippen LogP contribution is -2.35. The Morgan fingerprint density at radius 1 is 1.30 bits per heavy atom. The zero-order valence-electron chi connectivity index (χ0n) is 12.8. The first kappa shape index (κ1) is 17.5. The molecule has 1 aromatic heterocycles. The number of hydrogen-bond donors (Lipinski definition) is 1. The summed E-state index contributed by atoms with van der Waals surface area (Å²) in [6, 6.07) is 7.85. The molecule has 0 fully saturated rings. The summed E-state index contributed by atoms with van der Waals surface area (Å²) in [5.41, 5.74) is 1.64. The van der Waals surface area contributed by atoms with Gasteiger partial charge in [0.15, 0.2) is 0 Å². The second kappa shape index (κ2) is 7.62. The number of carbonyl (C=O) groups excluding carboxylic acids is 1. The van der Waals surface area contributed by atoms with Gasteiger partial charge in [-0.3, -0.25) is 9.59 Å². The normalized spacial score (nSPS) is 12.0. The Morgan fingerprint density at radius 3 is 2.57 bits per heavy atom. The standard InChI is InChI=1S/C16H17Cl2N3O2/c1-3-11-4-6-12(7-5-11)10(2)20-14(22)9-21-16(23)15(18)13(17)8-19-21/h4-8,10H,3,9H2,1-2H3,(H,20,22). The molecule has 0 aliphatic rings. The average molecular weight is 354 g/mol. The van der Waals surface area contributed by atoms with Gasteiger partial charge in [0.05, 0.1) is 17.3 Å². The Kier molecular flexibility index (Phi) is 5.80. The lowest BCUT2D eigenvalue weighted by molar-refractivity contribution is -0.122. The first-order valence-corrected chi connectivity index (χ1v) is 7.97. The van der Waals surface area contributed by atoms with Crippen LogP contribution in [0.25, 0.3) is 0 Å². The van der Waals surface area contributed by atoms with Gasteiger partial charge in [-0.2, -0.15) is 5.10 Å². The van der Waals surface area contributed by atoms with Crippen molar-refractivity contribution in [1.82, 2.24) is 15.1 Å². The van der Waals surface area contributed by atoms with Gasteiger partial charge in [0, 0.05) is 0 Å². The summed E-state index contributed by atoms with van der Waals surface area (Å²) >= 11 is 11.5.